The Bertz CT molecular complexity index is 903. The monoisotopic (exact) mass is 325 g/mol. The lowest BCUT2D eigenvalue weighted by Gasteiger charge is -2.20. The van der Waals surface area contributed by atoms with Crippen molar-refractivity contribution in [1.29, 1.82) is 0 Å². The van der Waals surface area contributed by atoms with E-state index in [0.717, 1.165) is 23.4 Å². The van der Waals surface area contributed by atoms with Crippen molar-refractivity contribution >= 4 is 5.65 Å². The summed E-state index contributed by atoms with van der Waals surface area (Å²) in [5.41, 5.74) is 3.43. The van der Waals surface area contributed by atoms with Crippen molar-refractivity contribution in [2.24, 2.45) is 0 Å². The molecule has 3 rings (SSSR count). The molecule has 4 nitrogen and oxygen atoms in total. The predicted octanol–water partition coefficient (Wildman–Crippen LogP) is 3.16. The molecule has 0 amide bonds. The van der Waals surface area contributed by atoms with E-state index in [2.05, 4.69) is 16.8 Å². The van der Waals surface area contributed by atoms with Crippen LogP contribution in [0.25, 0.3) is 5.65 Å². The summed E-state index contributed by atoms with van der Waals surface area (Å²) in [7, 11) is 0. The maximum absolute atomic E-state index is 13.0. The molecule has 0 unspecified atom stereocenters. The lowest BCUT2D eigenvalue weighted by atomic mass is 10.2. The summed E-state index contributed by atoms with van der Waals surface area (Å²) in [5, 5.41) is 0. The molecule has 0 saturated carbocycles. The SMILES string of the molecule is CCN(Cc1ccc(F)cc1)Cc1cc(=O)n2ccc(C)cc2n1. The highest BCUT2D eigenvalue weighted by molar-refractivity contribution is 5.41. The van der Waals surface area contributed by atoms with Crippen LogP contribution >= 0.6 is 0 Å². The van der Waals surface area contributed by atoms with E-state index in [1.807, 2.05) is 19.1 Å². The third kappa shape index (κ3) is 3.68. The van der Waals surface area contributed by atoms with Gasteiger partial charge in [0, 0.05) is 25.4 Å². The van der Waals surface area contributed by atoms with Crippen molar-refractivity contribution in [3.63, 3.8) is 0 Å². The van der Waals surface area contributed by atoms with Crippen LogP contribution in [0.3, 0.4) is 0 Å². The minimum Gasteiger partial charge on any atom is -0.294 e. The molecule has 0 aliphatic heterocycles. The van der Waals surface area contributed by atoms with Crippen LogP contribution < -0.4 is 5.56 Å². The van der Waals surface area contributed by atoms with Gasteiger partial charge in [-0.05, 0) is 48.9 Å². The van der Waals surface area contributed by atoms with Gasteiger partial charge in [0.25, 0.3) is 5.56 Å². The third-order valence-corrected chi connectivity index (χ3v) is 4.03. The number of hydrogen-bond acceptors (Lipinski definition) is 3. The van der Waals surface area contributed by atoms with E-state index >= 15 is 0 Å². The Morgan fingerprint density at radius 3 is 2.58 bits per heavy atom. The summed E-state index contributed by atoms with van der Waals surface area (Å²) in [6, 6.07) is 11.9. The molecule has 0 atom stereocenters. The van der Waals surface area contributed by atoms with Gasteiger partial charge in [-0.25, -0.2) is 9.37 Å². The first kappa shape index (κ1) is 16.3. The van der Waals surface area contributed by atoms with Crippen molar-refractivity contribution < 1.29 is 4.39 Å². The van der Waals surface area contributed by atoms with Crippen LogP contribution in [0.5, 0.6) is 0 Å². The average molecular weight is 325 g/mol. The molecule has 3 aromatic rings. The van der Waals surface area contributed by atoms with Crippen molar-refractivity contribution in [2.45, 2.75) is 26.9 Å². The Morgan fingerprint density at radius 2 is 1.88 bits per heavy atom. The summed E-state index contributed by atoms with van der Waals surface area (Å²) < 4.78 is 14.6. The van der Waals surface area contributed by atoms with Gasteiger partial charge in [0.2, 0.25) is 0 Å². The number of halogens is 1. The zero-order chi connectivity index (χ0) is 17.1. The fraction of sp³-hybridized carbons (Fsp3) is 0.263. The first-order chi connectivity index (χ1) is 11.5. The van der Waals surface area contributed by atoms with Gasteiger partial charge in [-0.2, -0.15) is 0 Å². The van der Waals surface area contributed by atoms with Gasteiger partial charge in [-0.15, -0.1) is 0 Å². The summed E-state index contributed by atoms with van der Waals surface area (Å²) >= 11 is 0. The minimum absolute atomic E-state index is 0.0761. The third-order valence-electron chi connectivity index (χ3n) is 4.03. The zero-order valence-electron chi connectivity index (χ0n) is 13.9. The predicted molar refractivity (Wildman–Crippen MR) is 92.4 cm³/mol. The molecular formula is C19H20FN3O. The number of benzene rings is 1. The van der Waals surface area contributed by atoms with Gasteiger partial charge in [0.05, 0.1) is 5.69 Å². The molecule has 124 valence electrons. The topological polar surface area (TPSA) is 37.6 Å². The second-order valence-corrected chi connectivity index (χ2v) is 5.95. The molecule has 5 heteroatoms. The first-order valence-electron chi connectivity index (χ1n) is 8.01. The van der Waals surface area contributed by atoms with E-state index in [9.17, 15) is 9.18 Å². The molecule has 0 aliphatic rings. The van der Waals surface area contributed by atoms with Crippen molar-refractivity contribution in [3.8, 4) is 0 Å². The van der Waals surface area contributed by atoms with Gasteiger partial charge in [-0.3, -0.25) is 14.1 Å². The Kier molecular flexibility index (Phi) is 4.71. The van der Waals surface area contributed by atoms with Crippen LogP contribution in [-0.4, -0.2) is 20.8 Å². The van der Waals surface area contributed by atoms with E-state index < -0.39 is 0 Å². The fourth-order valence-corrected chi connectivity index (χ4v) is 2.69. The van der Waals surface area contributed by atoms with Crippen LogP contribution in [0.15, 0.2) is 53.5 Å². The summed E-state index contributed by atoms with van der Waals surface area (Å²) in [6.07, 6.45) is 1.75. The molecule has 0 bridgehead atoms. The Hall–Kier alpha value is -2.53. The number of nitrogens with zero attached hydrogens (tertiary/aromatic N) is 3. The van der Waals surface area contributed by atoms with Crippen LogP contribution in [0.2, 0.25) is 0 Å². The van der Waals surface area contributed by atoms with E-state index in [0.29, 0.717) is 18.7 Å². The van der Waals surface area contributed by atoms with Crippen molar-refractivity contribution in [1.82, 2.24) is 14.3 Å². The maximum Gasteiger partial charge on any atom is 0.258 e. The molecule has 0 N–H and O–H groups in total. The molecule has 0 spiro atoms. The summed E-state index contributed by atoms with van der Waals surface area (Å²) in [6.45, 7) is 6.11. The number of fused-ring (bicyclic) bond motifs is 1. The van der Waals surface area contributed by atoms with E-state index in [1.165, 1.54) is 12.1 Å². The lowest BCUT2D eigenvalue weighted by Crippen LogP contribution is -2.25. The number of hydrogen-bond donors (Lipinski definition) is 0. The van der Waals surface area contributed by atoms with E-state index in [4.69, 9.17) is 0 Å². The highest BCUT2D eigenvalue weighted by Crippen LogP contribution is 2.10. The van der Waals surface area contributed by atoms with Crippen LogP contribution in [0.4, 0.5) is 4.39 Å². The number of aryl methyl sites for hydroxylation is 1. The Morgan fingerprint density at radius 1 is 1.12 bits per heavy atom. The summed E-state index contributed by atoms with van der Waals surface area (Å²) in [5.74, 6) is -0.235. The largest absolute Gasteiger partial charge is 0.294 e. The molecule has 0 fully saturated rings. The normalized spacial score (nSPS) is 11.3. The first-order valence-corrected chi connectivity index (χ1v) is 8.01. The number of pyridine rings is 1. The molecule has 1 aromatic carbocycles. The second-order valence-electron chi connectivity index (χ2n) is 5.95. The molecular weight excluding hydrogens is 305 g/mol. The summed E-state index contributed by atoms with van der Waals surface area (Å²) in [4.78, 5) is 19.0. The highest BCUT2D eigenvalue weighted by Gasteiger charge is 2.09. The molecule has 2 aromatic heterocycles. The van der Waals surface area contributed by atoms with Crippen molar-refractivity contribution in [3.05, 3.63) is 81.7 Å². The van der Waals surface area contributed by atoms with Crippen molar-refractivity contribution in [2.75, 3.05) is 6.54 Å². The van der Waals surface area contributed by atoms with Gasteiger partial charge in [0.1, 0.15) is 11.5 Å². The molecule has 0 aliphatic carbocycles. The van der Waals surface area contributed by atoms with Crippen LogP contribution in [-0.2, 0) is 13.1 Å². The van der Waals surface area contributed by atoms with Gasteiger partial charge < -0.3 is 0 Å². The quantitative estimate of drug-likeness (QED) is 0.723. The van der Waals surface area contributed by atoms with E-state index in [1.54, 1.807) is 28.8 Å². The second kappa shape index (κ2) is 6.93. The van der Waals surface area contributed by atoms with E-state index in [-0.39, 0.29) is 11.4 Å². The Balaban J connectivity index is 1.84. The molecule has 2 heterocycles. The molecule has 24 heavy (non-hydrogen) atoms. The van der Waals surface area contributed by atoms with Crippen LogP contribution in [0, 0.1) is 12.7 Å². The maximum atomic E-state index is 13.0. The standard InChI is InChI=1S/C19H20FN3O/c1-3-22(12-15-4-6-16(20)7-5-15)13-17-11-19(24)23-9-8-14(2)10-18(23)21-17/h4-11H,3,12-13H2,1-2H3. The number of aromatic nitrogens is 2. The minimum atomic E-state index is -0.235. The van der Waals surface area contributed by atoms with Gasteiger partial charge in [0.15, 0.2) is 0 Å². The molecule has 0 radical (unpaired) electrons. The number of rotatable bonds is 5. The molecule has 0 saturated heterocycles. The van der Waals surface area contributed by atoms with Gasteiger partial charge >= 0.3 is 0 Å². The lowest BCUT2D eigenvalue weighted by molar-refractivity contribution is 0.268. The zero-order valence-corrected chi connectivity index (χ0v) is 13.9. The van der Waals surface area contributed by atoms with Crippen LogP contribution in [0.1, 0.15) is 23.7 Å². The van der Waals surface area contributed by atoms with Gasteiger partial charge in [-0.1, -0.05) is 19.1 Å². The smallest absolute Gasteiger partial charge is 0.258 e. The average Bonchev–Trinajstić information content (AvgIpc) is 2.55. The Labute approximate surface area is 140 Å². The fourth-order valence-electron chi connectivity index (χ4n) is 2.69. The highest BCUT2D eigenvalue weighted by atomic mass is 19.1.